The van der Waals surface area contributed by atoms with Crippen LogP contribution in [0.1, 0.15) is 44.2 Å². The lowest BCUT2D eigenvalue weighted by Gasteiger charge is -2.37. The van der Waals surface area contributed by atoms with Crippen LogP contribution < -0.4 is 10.1 Å². The zero-order valence-corrected chi connectivity index (χ0v) is 20.2. The summed E-state index contributed by atoms with van der Waals surface area (Å²) in [6.45, 7) is 4.91. The third-order valence-corrected chi connectivity index (χ3v) is 6.18. The minimum absolute atomic E-state index is 0.0401. The van der Waals surface area contributed by atoms with E-state index in [2.05, 4.69) is 27.3 Å². The van der Waals surface area contributed by atoms with Crippen molar-refractivity contribution in [3.8, 4) is 22.9 Å². The molecule has 0 aliphatic carbocycles. The van der Waals surface area contributed by atoms with Gasteiger partial charge in [0.05, 0.1) is 18.7 Å². The number of nitrogens with one attached hydrogen (secondary N) is 1. The van der Waals surface area contributed by atoms with Gasteiger partial charge in [0.2, 0.25) is 5.82 Å². The second kappa shape index (κ2) is 9.80. The van der Waals surface area contributed by atoms with Gasteiger partial charge in [-0.15, -0.1) is 0 Å². The van der Waals surface area contributed by atoms with E-state index in [-0.39, 0.29) is 11.8 Å². The molecule has 2 aromatic carbocycles. The Labute approximate surface area is 203 Å². The van der Waals surface area contributed by atoms with Crippen molar-refractivity contribution in [2.45, 2.75) is 32.7 Å². The highest BCUT2D eigenvalue weighted by molar-refractivity contribution is 7.80. The van der Waals surface area contributed by atoms with Gasteiger partial charge >= 0.3 is 0 Å². The van der Waals surface area contributed by atoms with E-state index in [0.29, 0.717) is 27.6 Å². The molecule has 1 atom stereocenters. The van der Waals surface area contributed by atoms with Crippen molar-refractivity contribution in [3.63, 3.8) is 0 Å². The lowest BCUT2D eigenvalue weighted by molar-refractivity contribution is 0.372. The van der Waals surface area contributed by atoms with Crippen LogP contribution in [0, 0.1) is 0 Å². The van der Waals surface area contributed by atoms with Gasteiger partial charge in [-0.3, -0.25) is 0 Å². The molecule has 9 heteroatoms. The summed E-state index contributed by atoms with van der Waals surface area (Å²) in [6.07, 6.45) is 2.02. The third-order valence-electron chi connectivity index (χ3n) is 5.61. The third kappa shape index (κ3) is 4.67. The number of thiocarbonyl (C=S) groups is 1. The number of rotatable bonds is 7. The Kier molecular flexibility index (Phi) is 6.85. The summed E-state index contributed by atoms with van der Waals surface area (Å²) in [5.41, 5.74) is 3.28. The number of nitrogens with zero attached hydrogens (tertiary/aromatic N) is 3. The minimum atomic E-state index is -0.389. The van der Waals surface area contributed by atoms with Crippen LogP contribution in [0.2, 0.25) is 5.02 Å². The number of phenols is 1. The Morgan fingerprint density at radius 1 is 1.27 bits per heavy atom. The summed E-state index contributed by atoms with van der Waals surface area (Å²) in [4.78, 5) is 6.73. The van der Waals surface area contributed by atoms with Crippen LogP contribution in [0.15, 0.2) is 52.7 Å². The molecule has 2 N–H and O–H groups in total. The van der Waals surface area contributed by atoms with E-state index in [1.54, 1.807) is 24.3 Å². The quantitative estimate of drug-likeness (QED) is 0.421. The van der Waals surface area contributed by atoms with E-state index < -0.39 is 0 Å². The number of hydrogen-bond acceptors (Lipinski definition) is 6. The molecule has 0 bridgehead atoms. The number of allylic oxidation sites excluding steroid dienone is 1. The van der Waals surface area contributed by atoms with E-state index in [9.17, 15) is 5.11 Å². The Hall–Kier alpha value is -3.10. The average Bonchev–Trinajstić information content (AvgIpc) is 3.28. The van der Waals surface area contributed by atoms with Gasteiger partial charge < -0.3 is 24.6 Å². The van der Waals surface area contributed by atoms with Crippen LogP contribution in [-0.2, 0) is 0 Å². The maximum atomic E-state index is 10.4. The monoisotopic (exact) mass is 484 g/mol. The molecule has 0 saturated carbocycles. The molecule has 33 heavy (non-hydrogen) atoms. The molecular formula is C24H25ClN4O3S. The van der Waals surface area contributed by atoms with Crippen LogP contribution >= 0.6 is 23.8 Å². The van der Waals surface area contributed by atoms with Gasteiger partial charge in [-0.2, -0.15) is 4.98 Å². The van der Waals surface area contributed by atoms with Gasteiger partial charge in [0, 0.05) is 22.8 Å². The normalized spacial score (nSPS) is 16.2. The van der Waals surface area contributed by atoms with Crippen molar-refractivity contribution in [1.29, 1.82) is 0 Å². The molecule has 0 amide bonds. The smallest absolute Gasteiger partial charge is 0.258 e. The van der Waals surface area contributed by atoms with E-state index in [1.165, 1.54) is 7.11 Å². The molecule has 0 radical (unpaired) electrons. The molecule has 0 fully saturated rings. The van der Waals surface area contributed by atoms with Crippen molar-refractivity contribution in [2.24, 2.45) is 0 Å². The van der Waals surface area contributed by atoms with E-state index in [0.717, 1.165) is 41.8 Å². The first-order chi connectivity index (χ1) is 15.9. The summed E-state index contributed by atoms with van der Waals surface area (Å²) in [7, 11) is 1.51. The summed E-state index contributed by atoms with van der Waals surface area (Å²) < 4.78 is 10.9. The molecule has 7 nitrogen and oxygen atoms in total. The number of halogens is 1. The largest absolute Gasteiger partial charge is 0.504 e. The minimum Gasteiger partial charge on any atom is -0.504 e. The lowest BCUT2D eigenvalue weighted by Crippen LogP contribution is -2.46. The Morgan fingerprint density at radius 3 is 2.79 bits per heavy atom. The molecule has 1 unspecified atom stereocenters. The fourth-order valence-electron chi connectivity index (χ4n) is 3.86. The molecule has 172 valence electrons. The van der Waals surface area contributed by atoms with Gasteiger partial charge in [-0.25, -0.2) is 0 Å². The number of aromatic hydroxyl groups is 1. The predicted octanol–water partition coefficient (Wildman–Crippen LogP) is 5.57. The van der Waals surface area contributed by atoms with Crippen LogP contribution in [0.4, 0.5) is 0 Å². The number of ether oxygens (including phenoxy) is 1. The van der Waals surface area contributed by atoms with Gasteiger partial charge in [0.15, 0.2) is 16.6 Å². The zero-order valence-electron chi connectivity index (χ0n) is 18.6. The number of phenolic OH excluding ortho intramolecular Hbond substituents is 1. The number of unbranched alkanes of at least 4 members (excludes halogenated alkanes) is 1. The predicted molar refractivity (Wildman–Crippen MR) is 132 cm³/mol. The molecule has 1 aliphatic rings. The maximum Gasteiger partial charge on any atom is 0.258 e. The average molecular weight is 485 g/mol. The first kappa shape index (κ1) is 23.1. The SMILES string of the molecule is CCCCN1C(=S)NC(c2ccc(OC)c(O)c2)C(c2nc(-c3cccc(Cl)c3)no2)=C1C. The fraction of sp³-hybridized carbons (Fsp3) is 0.292. The highest BCUT2D eigenvalue weighted by atomic mass is 35.5. The highest BCUT2D eigenvalue weighted by Gasteiger charge is 2.34. The van der Waals surface area contributed by atoms with Crippen molar-refractivity contribution >= 4 is 34.5 Å². The zero-order chi connectivity index (χ0) is 23.5. The first-order valence-electron chi connectivity index (χ1n) is 10.7. The second-order valence-corrected chi connectivity index (χ2v) is 8.57. The number of hydrogen-bond donors (Lipinski definition) is 2. The molecule has 4 rings (SSSR count). The molecule has 1 aromatic heterocycles. The van der Waals surface area contributed by atoms with Crippen molar-refractivity contribution in [2.75, 3.05) is 13.7 Å². The molecule has 0 saturated heterocycles. The summed E-state index contributed by atoms with van der Waals surface area (Å²) in [5.74, 6) is 1.25. The van der Waals surface area contributed by atoms with Crippen LogP contribution in [0.5, 0.6) is 11.5 Å². The molecule has 3 aromatic rings. The Bertz CT molecular complexity index is 1210. The van der Waals surface area contributed by atoms with Crippen molar-refractivity contribution in [3.05, 3.63) is 64.6 Å². The van der Waals surface area contributed by atoms with E-state index in [4.69, 9.17) is 33.1 Å². The van der Waals surface area contributed by atoms with E-state index in [1.807, 2.05) is 25.1 Å². The standard InChI is InChI=1S/C24H25ClN4O3S/c1-4-5-11-29-14(2)20(23-27-22(28-32-23)16-7-6-8-17(25)12-16)21(26-24(29)33)15-9-10-19(31-3)18(30)13-15/h6-10,12-13,21,30H,4-5,11H2,1-3H3,(H,26,33). The van der Waals surface area contributed by atoms with E-state index >= 15 is 0 Å². The van der Waals surface area contributed by atoms with Gasteiger partial charge in [0.25, 0.3) is 5.89 Å². The van der Waals surface area contributed by atoms with Crippen molar-refractivity contribution in [1.82, 2.24) is 20.4 Å². The number of methoxy groups -OCH3 is 1. The Morgan fingerprint density at radius 2 is 2.09 bits per heavy atom. The summed E-state index contributed by atoms with van der Waals surface area (Å²) in [5, 5.41) is 19.2. The maximum absolute atomic E-state index is 10.4. The van der Waals surface area contributed by atoms with Gasteiger partial charge in [-0.05, 0) is 55.4 Å². The summed E-state index contributed by atoms with van der Waals surface area (Å²) in [6, 6.07) is 12.2. The summed E-state index contributed by atoms with van der Waals surface area (Å²) >= 11 is 11.8. The number of benzene rings is 2. The first-order valence-corrected chi connectivity index (χ1v) is 11.5. The fourth-order valence-corrected chi connectivity index (χ4v) is 4.39. The topological polar surface area (TPSA) is 83.7 Å². The van der Waals surface area contributed by atoms with Crippen LogP contribution in [-0.4, -0.2) is 38.9 Å². The number of aromatic nitrogens is 2. The lowest BCUT2D eigenvalue weighted by atomic mass is 9.94. The second-order valence-electron chi connectivity index (χ2n) is 7.75. The molecule has 2 heterocycles. The van der Waals surface area contributed by atoms with Crippen LogP contribution in [0.3, 0.4) is 0 Å². The van der Waals surface area contributed by atoms with Crippen LogP contribution in [0.25, 0.3) is 17.0 Å². The Balaban J connectivity index is 1.81. The van der Waals surface area contributed by atoms with Gasteiger partial charge in [0.1, 0.15) is 0 Å². The van der Waals surface area contributed by atoms with Crippen molar-refractivity contribution < 1.29 is 14.4 Å². The highest BCUT2D eigenvalue weighted by Crippen LogP contribution is 2.40. The molecular weight excluding hydrogens is 460 g/mol. The molecule has 0 spiro atoms. The molecule has 1 aliphatic heterocycles. The van der Waals surface area contributed by atoms with Gasteiger partial charge in [-0.1, -0.05) is 48.3 Å².